The van der Waals surface area contributed by atoms with Crippen molar-refractivity contribution in [2.45, 2.75) is 51.5 Å². The van der Waals surface area contributed by atoms with Gasteiger partial charge in [-0.05, 0) is 37.3 Å². The van der Waals surface area contributed by atoms with Gasteiger partial charge < -0.3 is 15.2 Å². The van der Waals surface area contributed by atoms with Gasteiger partial charge in [0.1, 0.15) is 0 Å². The average molecular weight is 332 g/mol. The summed E-state index contributed by atoms with van der Waals surface area (Å²) >= 11 is 0. The van der Waals surface area contributed by atoms with Gasteiger partial charge >= 0.3 is 0 Å². The third-order valence-electron chi connectivity index (χ3n) is 4.97. The first-order valence-corrected chi connectivity index (χ1v) is 9.04. The van der Waals surface area contributed by atoms with Crippen LogP contribution in [-0.2, 0) is 22.6 Å². The van der Waals surface area contributed by atoms with Crippen molar-refractivity contribution in [1.82, 2.24) is 10.2 Å². The van der Waals surface area contributed by atoms with Crippen LogP contribution in [0, 0.1) is 5.92 Å². The molecule has 0 bridgehead atoms. The topological polar surface area (TPSA) is 61.8 Å². The van der Waals surface area contributed by atoms with E-state index in [4.69, 9.17) is 4.74 Å². The van der Waals surface area contributed by atoms with Crippen molar-refractivity contribution in [3.05, 3.63) is 35.4 Å². The molecule has 3 rings (SSSR count). The first-order valence-electron chi connectivity index (χ1n) is 9.04. The van der Waals surface area contributed by atoms with Gasteiger partial charge in [-0.25, -0.2) is 0 Å². The fraction of sp³-hybridized carbons (Fsp3) is 0.632. The lowest BCUT2D eigenvalue weighted by Gasteiger charge is -2.30. The van der Waals surface area contributed by atoms with Gasteiger partial charge in [0.15, 0.2) is 0 Å². The Balaban J connectivity index is 1.51. The summed E-state index contributed by atoms with van der Waals surface area (Å²) in [6.45, 7) is 5.94. The van der Waals surface area contributed by atoms with Gasteiger partial charge in [0, 0.05) is 32.8 Å². The lowest BCUT2D eigenvalue weighted by molar-refractivity contribution is -0.123. The Hall–Kier alpha value is -1.43. The fourth-order valence-electron chi connectivity index (χ4n) is 3.36. The van der Waals surface area contributed by atoms with Crippen LogP contribution in [0.4, 0.5) is 0 Å². The van der Waals surface area contributed by atoms with Crippen molar-refractivity contribution in [2.75, 3.05) is 19.7 Å². The first kappa shape index (κ1) is 17.4. The van der Waals surface area contributed by atoms with Crippen LogP contribution < -0.4 is 5.32 Å². The predicted octanol–water partition coefficient (Wildman–Crippen LogP) is 1.68. The molecule has 5 heteroatoms. The van der Waals surface area contributed by atoms with Crippen molar-refractivity contribution in [3.8, 4) is 0 Å². The van der Waals surface area contributed by atoms with Crippen LogP contribution in [0.2, 0.25) is 0 Å². The molecule has 1 aromatic carbocycles. The summed E-state index contributed by atoms with van der Waals surface area (Å²) in [4.78, 5) is 14.5. The SMILES string of the molecule is CCOC1CC1C(=O)NCc1ccccc1CN1CCC(O)CC1. The van der Waals surface area contributed by atoms with Gasteiger partial charge in [-0.3, -0.25) is 9.69 Å². The quantitative estimate of drug-likeness (QED) is 0.798. The summed E-state index contributed by atoms with van der Waals surface area (Å²) in [6, 6.07) is 8.28. The normalized spacial score (nSPS) is 24.8. The maximum absolute atomic E-state index is 12.2. The van der Waals surface area contributed by atoms with Crippen LogP contribution in [0.3, 0.4) is 0 Å². The average Bonchev–Trinajstić information content (AvgIpc) is 3.36. The standard InChI is InChI=1S/C19H28N2O3/c1-2-24-18-11-17(18)19(23)20-12-14-5-3-4-6-15(14)13-21-9-7-16(22)8-10-21/h3-6,16-18,22H,2,7-13H2,1H3,(H,20,23). The maximum Gasteiger partial charge on any atom is 0.226 e. The van der Waals surface area contributed by atoms with E-state index in [9.17, 15) is 9.90 Å². The van der Waals surface area contributed by atoms with Crippen molar-refractivity contribution in [2.24, 2.45) is 5.92 Å². The van der Waals surface area contributed by atoms with Gasteiger partial charge in [-0.15, -0.1) is 0 Å². The number of hydrogen-bond donors (Lipinski definition) is 2. The number of rotatable bonds is 7. The molecule has 5 nitrogen and oxygen atoms in total. The Morgan fingerprint density at radius 1 is 1.29 bits per heavy atom. The maximum atomic E-state index is 12.2. The highest BCUT2D eigenvalue weighted by Gasteiger charge is 2.43. The van der Waals surface area contributed by atoms with E-state index in [1.165, 1.54) is 11.1 Å². The summed E-state index contributed by atoms with van der Waals surface area (Å²) < 4.78 is 5.48. The van der Waals surface area contributed by atoms with Crippen molar-refractivity contribution >= 4 is 5.91 Å². The number of aliphatic hydroxyl groups is 1. The third kappa shape index (κ3) is 4.56. The highest BCUT2D eigenvalue weighted by Crippen LogP contribution is 2.33. The minimum atomic E-state index is -0.146. The van der Waals surface area contributed by atoms with E-state index < -0.39 is 0 Å². The zero-order valence-electron chi connectivity index (χ0n) is 14.4. The van der Waals surface area contributed by atoms with Crippen molar-refractivity contribution in [3.63, 3.8) is 0 Å². The van der Waals surface area contributed by atoms with Crippen molar-refractivity contribution < 1.29 is 14.6 Å². The Kier molecular flexibility index (Phi) is 5.87. The molecule has 2 atom stereocenters. The van der Waals surface area contributed by atoms with E-state index in [-0.39, 0.29) is 24.0 Å². The molecular formula is C19H28N2O3. The number of piperidine rings is 1. The van der Waals surface area contributed by atoms with Crippen LogP contribution in [0.25, 0.3) is 0 Å². The van der Waals surface area contributed by atoms with E-state index >= 15 is 0 Å². The van der Waals surface area contributed by atoms with E-state index in [1.807, 2.05) is 19.1 Å². The summed E-state index contributed by atoms with van der Waals surface area (Å²) in [5.41, 5.74) is 2.43. The Bertz CT molecular complexity index is 555. The number of nitrogens with one attached hydrogen (secondary N) is 1. The molecule has 2 unspecified atom stereocenters. The number of likely N-dealkylation sites (tertiary alicyclic amines) is 1. The second-order valence-electron chi connectivity index (χ2n) is 6.83. The molecule has 24 heavy (non-hydrogen) atoms. The fourth-order valence-corrected chi connectivity index (χ4v) is 3.36. The van der Waals surface area contributed by atoms with Gasteiger partial charge in [-0.2, -0.15) is 0 Å². The number of ether oxygens (including phenoxy) is 1. The summed E-state index contributed by atoms with van der Waals surface area (Å²) in [5.74, 6) is 0.130. The van der Waals surface area contributed by atoms with E-state index in [2.05, 4.69) is 22.3 Å². The van der Waals surface area contributed by atoms with Crippen LogP contribution in [0.5, 0.6) is 0 Å². The molecule has 2 aliphatic rings. The zero-order chi connectivity index (χ0) is 16.9. The lowest BCUT2D eigenvalue weighted by atomic mass is 10.0. The largest absolute Gasteiger partial charge is 0.393 e. The number of carbonyl (C=O) groups excluding carboxylic acids is 1. The Morgan fingerprint density at radius 3 is 2.71 bits per heavy atom. The van der Waals surface area contributed by atoms with Crippen LogP contribution >= 0.6 is 0 Å². The Labute approximate surface area is 144 Å². The molecule has 1 saturated carbocycles. The zero-order valence-corrected chi connectivity index (χ0v) is 14.4. The molecule has 0 spiro atoms. The van der Waals surface area contributed by atoms with Gasteiger partial charge in [0.05, 0.1) is 18.1 Å². The monoisotopic (exact) mass is 332 g/mol. The number of nitrogens with zero attached hydrogens (tertiary/aromatic N) is 1. The summed E-state index contributed by atoms with van der Waals surface area (Å²) in [5, 5.41) is 12.7. The molecule has 1 aliphatic carbocycles. The van der Waals surface area contributed by atoms with Crippen LogP contribution in [0.1, 0.15) is 37.3 Å². The molecule has 0 aromatic heterocycles. The predicted molar refractivity (Wildman–Crippen MR) is 92.3 cm³/mol. The summed E-state index contributed by atoms with van der Waals surface area (Å²) in [6.07, 6.45) is 2.51. The molecule has 2 fully saturated rings. The number of hydrogen-bond acceptors (Lipinski definition) is 4. The van der Waals surface area contributed by atoms with Gasteiger partial charge in [0.25, 0.3) is 0 Å². The minimum Gasteiger partial charge on any atom is -0.393 e. The second-order valence-corrected chi connectivity index (χ2v) is 6.83. The molecule has 1 amide bonds. The first-order chi connectivity index (χ1) is 11.7. The van der Waals surface area contributed by atoms with Crippen molar-refractivity contribution in [1.29, 1.82) is 0 Å². The molecular weight excluding hydrogens is 304 g/mol. The van der Waals surface area contributed by atoms with E-state index in [0.717, 1.165) is 38.9 Å². The third-order valence-corrected chi connectivity index (χ3v) is 4.97. The number of amides is 1. The molecule has 0 radical (unpaired) electrons. The molecule has 132 valence electrons. The molecule has 2 N–H and O–H groups in total. The summed E-state index contributed by atoms with van der Waals surface area (Å²) in [7, 11) is 0. The highest BCUT2D eigenvalue weighted by molar-refractivity contribution is 5.82. The van der Waals surface area contributed by atoms with Gasteiger partial charge in [-0.1, -0.05) is 24.3 Å². The van der Waals surface area contributed by atoms with E-state index in [0.29, 0.717) is 13.2 Å². The number of aliphatic hydroxyl groups excluding tert-OH is 1. The minimum absolute atomic E-state index is 0.0284. The second kappa shape index (κ2) is 8.10. The lowest BCUT2D eigenvalue weighted by Crippen LogP contribution is -2.35. The molecule has 1 saturated heterocycles. The molecule has 1 aromatic rings. The number of benzene rings is 1. The molecule has 1 heterocycles. The Morgan fingerprint density at radius 2 is 2.00 bits per heavy atom. The molecule has 1 aliphatic heterocycles. The smallest absolute Gasteiger partial charge is 0.226 e. The highest BCUT2D eigenvalue weighted by atomic mass is 16.5. The van der Waals surface area contributed by atoms with Crippen LogP contribution in [-0.4, -0.2) is 47.8 Å². The van der Waals surface area contributed by atoms with Gasteiger partial charge in [0.2, 0.25) is 5.91 Å². The van der Waals surface area contributed by atoms with Crippen LogP contribution in [0.15, 0.2) is 24.3 Å². The van der Waals surface area contributed by atoms with E-state index in [1.54, 1.807) is 0 Å². The number of carbonyl (C=O) groups is 1.